The van der Waals surface area contributed by atoms with E-state index >= 15 is 0 Å². The monoisotopic (exact) mass is 492 g/mol. The van der Waals surface area contributed by atoms with Gasteiger partial charge in [-0.1, -0.05) is 48.0 Å². The predicted octanol–water partition coefficient (Wildman–Crippen LogP) is 4.96. The molecule has 0 radical (unpaired) electrons. The van der Waals surface area contributed by atoms with Crippen molar-refractivity contribution in [3.05, 3.63) is 95.1 Å². The van der Waals surface area contributed by atoms with E-state index in [1.54, 1.807) is 31.4 Å². The Kier molecular flexibility index (Phi) is 5.13. The summed E-state index contributed by atoms with van der Waals surface area (Å²) in [7, 11) is 1.55. The Morgan fingerprint density at radius 3 is 2.54 bits per heavy atom. The van der Waals surface area contributed by atoms with Crippen LogP contribution < -0.4 is 15.0 Å². The van der Waals surface area contributed by atoms with E-state index in [2.05, 4.69) is 17.5 Å². The first-order valence-corrected chi connectivity index (χ1v) is 12.5. The van der Waals surface area contributed by atoms with E-state index in [0.717, 1.165) is 28.0 Å². The van der Waals surface area contributed by atoms with Gasteiger partial charge in [-0.2, -0.15) is 0 Å². The molecule has 3 aromatic rings. The van der Waals surface area contributed by atoms with Crippen LogP contribution in [0.5, 0.6) is 5.75 Å². The van der Waals surface area contributed by atoms with Crippen LogP contribution in [0.15, 0.2) is 72.8 Å². The number of nitrogens with one attached hydrogen (secondary N) is 1. The Labute approximate surface area is 215 Å². The lowest BCUT2D eigenvalue weighted by Crippen LogP contribution is -2.51. The summed E-state index contributed by atoms with van der Waals surface area (Å²) < 4.78 is 5.38. The van der Waals surface area contributed by atoms with Crippen molar-refractivity contribution in [2.24, 2.45) is 5.92 Å². The first-order chi connectivity index (χ1) is 17.8. The number of aryl methyl sites for hydroxylation is 1. The summed E-state index contributed by atoms with van der Waals surface area (Å²) >= 11 is 0. The maximum absolute atomic E-state index is 14.5. The molecule has 1 saturated heterocycles. The fraction of sp³-hybridized carbons (Fsp3) is 0.258. The van der Waals surface area contributed by atoms with E-state index < -0.39 is 23.4 Å². The van der Waals surface area contributed by atoms with Gasteiger partial charge in [-0.3, -0.25) is 14.4 Å². The van der Waals surface area contributed by atoms with Crippen LogP contribution in [-0.2, 0) is 15.0 Å². The predicted molar refractivity (Wildman–Crippen MR) is 143 cm³/mol. The number of hydrogen-bond donors (Lipinski definition) is 1. The second kappa shape index (κ2) is 8.17. The van der Waals surface area contributed by atoms with Gasteiger partial charge in [-0.15, -0.1) is 0 Å². The van der Waals surface area contributed by atoms with Gasteiger partial charge in [0.2, 0.25) is 5.91 Å². The summed E-state index contributed by atoms with van der Waals surface area (Å²) in [6.45, 7) is 5.58. The lowest BCUT2D eigenvalue weighted by atomic mass is 9.64. The molecule has 37 heavy (non-hydrogen) atoms. The molecule has 0 aromatic heterocycles. The van der Waals surface area contributed by atoms with Crippen molar-refractivity contribution in [2.75, 3.05) is 17.3 Å². The second-order valence-electron chi connectivity index (χ2n) is 10.2. The summed E-state index contributed by atoms with van der Waals surface area (Å²) in [5.41, 5.74) is 4.57. The first kappa shape index (κ1) is 23.2. The molecule has 1 fully saturated rings. The maximum Gasteiger partial charge on any atom is 0.238 e. The minimum Gasteiger partial charge on any atom is -0.497 e. The number of carbonyl (C=O) groups is 3. The van der Waals surface area contributed by atoms with Crippen molar-refractivity contribution >= 4 is 34.4 Å². The number of nitrogens with zero attached hydrogens (tertiary/aromatic N) is 1. The highest BCUT2D eigenvalue weighted by molar-refractivity contribution is 6.16. The average molecular weight is 493 g/mol. The fourth-order valence-corrected chi connectivity index (χ4v) is 6.65. The molecule has 0 aliphatic carbocycles. The molecule has 3 aromatic carbocycles. The summed E-state index contributed by atoms with van der Waals surface area (Å²) in [5, 5.41) is 3.05. The van der Waals surface area contributed by atoms with Gasteiger partial charge in [-0.25, -0.2) is 0 Å². The van der Waals surface area contributed by atoms with Gasteiger partial charge in [0.25, 0.3) is 0 Å². The van der Waals surface area contributed by atoms with Gasteiger partial charge in [0, 0.05) is 22.5 Å². The third kappa shape index (κ3) is 3.08. The van der Waals surface area contributed by atoms with Crippen LogP contribution in [0.2, 0.25) is 0 Å². The van der Waals surface area contributed by atoms with Crippen molar-refractivity contribution < 1.29 is 19.1 Å². The van der Waals surface area contributed by atoms with Crippen LogP contribution in [0.4, 0.5) is 11.4 Å². The molecule has 1 amide bonds. The number of fused-ring (bicyclic) bond motifs is 6. The largest absolute Gasteiger partial charge is 0.497 e. The Balaban J connectivity index is 1.67. The molecule has 186 valence electrons. The minimum atomic E-state index is -1.28. The highest BCUT2D eigenvalue weighted by atomic mass is 16.5. The van der Waals surface area contributed by atoms with E-state index in [-0.39, 0.29) is 17.5 Å². The topological polar surface area (TPSA) is 75.7 Å². The van der Waals surface area contributed by atoms with Gasteiger partial charge in [0.1, 0.15) is 11.2 Å². The molecule has 6 nitrogen and oxygen atoms in total. The molecule has 0 bridgehead atoms. The second-order valence-corrected chi connectivity index (χ2v) is 10.2. The van der Waals surface area contributed by atoms with Crippen molar-refractivity contribution in [3.8, 4) is 5.75 Å². The molecule has 3 aliphatic rings. The van der Waals surface area contributed by atoms with Crippen molar-refractivity contribution in [1.29, 1.82) is 0 Å². The number of hydrogen-bond acceptors (Lipinski definition) is 5. The molecule has 1 spiro atoms. The van der Waals surface area contributed by atoms with Crippen LogP contribution in [0.25, 0.3) is 5.57 Å². The number of benzene rings is 3. The first-order valence-electron chi connectivity index (χ1n) is 12.5. The SMILES string of the molecule is COc1cccc(C(=O)C2C(C(C)=O)N3c4ccc(C)cc4C(C)=CC3C23C(=O)Nc2ccccc23)c1. The molecular weight excluding hydrogens is 464 g/mol. The van der Waals surface area contributed by atoms with E-state index in [9.17, 15) is 14.4 Å². The van der Waals surface area contributed by atoms with Gasteiger partial charge in [-0.05, 0) is 62.2 Å². The fourth-order valence-electron chi connectivity index (χ4n) is 6.65. The number of rotatable bonds is 4. The number of amides is 1. The molecule has 6 heteroatoms. The van der Waals surface area contributed by atoms with Gasteiger partial charge >= 0.3 is 0 Å². The van der Waals surface area contributed by atoms with E-state index in [1.165, 1.54) is 6.92 Å². The number of ether oxygens (including phenoxy) is 1. The molecule has 4 unspecified atom stereocenters. The minimum absolute atomic E-state index is 0.153. The van der Waals surface area contributed by atoms with E-state index in [1.807, 2.05) is 55.1 Å². The third-order valence-electron chi connectivity index (χ3n) is 8.19. The molecular formula is C31H28N2O4. The summed E-state index contributed by atoms with van der Waals surface area (Å²) in [6, 6.07) is 19.2. The van der Waals surface area contributed by atoms with Crippen LogP contribution >= 0.6 is 0 Å². The molecule has 3 aliphatic heterocycles. The van der Waals surface area contributed by atoms with Crippen molar-refractivity contribution in [1.82, 2.24) is 0 Å². The number of allylic oxidation sites excluding steroid dienone is 1. The molecule has 6 rings (SSSR count). The molecule has 0 saturated carbocycles. The molecule has 4 atom stereocenters. The zero-order valence-electron chi connectivity index (χ0n) is 21.2. The Hall–Kier alpha value is -4.19. The van der Waals surface area contributed by atoms with Gasteiger partial charge < -0.3 is 15.0 Å². The van der Waals surface area contributed by atoms with Crippen LogP contribution in [-0.4, -0.2) is 36.7 Å². The summed E-state index contributed by atoms with van der Waals surface area (Å²) in [5.74, 6) is -1.06. The van der Waals surface area contributed by atoms with Gasteiger partial charge in [0.05, 0.1) is 25.1 Å². The lowest BCUT2D eigenvalue weighted by molar-refractivity contribution is -0.122. The number of para-hydroxylation sites is 1. The third-order valence-corrected chi connectivity index (χ3v) is 8.19. The molecule has 1 N–H and O–H groups in total. The normalized spacial score (nSPS) is 25.2. The van der Waals surface area contributed by atoms with Crippen LogP contribution in [0, 0.1) is 12.8 Å². The summed E-state index contributed by atoms with van der Waals surface area (Å²) in [4.78, 5) is 44.2. The lowest BCUT2D eigenvalue weighted by Gasteiger charge is -2.39. The standard InChI is InChI=1S/C31H28N2O4/c1-17-12-13-25-22(14-17)18(2)15-26-31(23-10-5-6-11-24(23)32-30(31)36)27(28(19(3)34)33(25)26)29(35)20-8-7-9-21(16-20)37-4/h5-16,26-28H,1-4H3,(H,32,36). The molecule has 3 heterocycles. The number of Topliss-reactive ketones (excluding diaryl/α,β-unsaturated/α-hetero) is 2. The van der Waals surface area contributed by atoms with Crippen LogP contribution in [0.3, 0.4) is 0 Å². The van der Waals surface area contributed by atoms with Gasteiger partial charge in [0.15, 0.2) is 11.6 Å². The number of anilines is 2. The van der Waals surface area contributed by atoms with Crippen LogP contribution in [0.1, 0.15) is 40.9 Å². The quantitative estimate of drug-likeness (QED) is 0.522. The zero-order valence-corrected chi connectivity index (χ0v) is 21.2. The Morgan fingerprint density at radius 1 is 1.00 bits per heavy atom. The van der Waals surface area contributed by atoms with E-state index in [0.29, 0.717) is 17.0 Å². The smallest absolute Gasteiger partial charge is 0.238 e. The van der Waals surface area contributed by atoms with E-state index in [4.69, 9.17) is 4.74 Å². The van der Waals surface area contributed by atoms with Crippen molar-refractivity contribution in [3.63, 3.8) is 0 Å². The maximum atomic E-state index is 14.5. The Morgan fingerprint density at radius 2 is 1.78 bits per heavy atom. The Bertz CT molecular complexity index is 1520. The number of ketones is 2. The number of carbonyl (C=O) groups excluding carboxylic acids is 3. The summed E-state index contributed by atoms with van der Waals surface area (Å²) in [6.07, 6.45) is 2.07. The van der Waals surface area contributed by atoms with Crippen molar-refractivity contribution in [2.45, 2.75) is 38.3 Å². The number of methoxy groups -OCH3 is 1. The highest BCUT2D eigenvalue weighted by Gasteiger charge is 2.70. The highest BCUT2D eigenvalue weighted by Crippen LogP contribution is 2.58. The average Bonchev–Trinajstić information content (AvgIpc) is 3.36. The zero-order chi connectivity index (χ0) is 26.1.